The van der Waals surface area contributed by atoms with Gasteiger partial charge in [0, 0.05) is 8.95 Å². The van der Waals surface area contributed by atoms with Crippen LogP contribution in [0.15, 0.2) is 43.7 Å². The van der Waals surface area contributed by atoms with Gasteiger partial charge in [-0.1, -0.05) is 31.9 Å². The van der Waals surface area contributed by atoms with E-state index in [1.54, 1.807) is 6.07 Å². The number of hydrogen-bond acceptors (Lipinski definition) is 3. The number of halogens is 3. The van der Waals surface area contributed by atoms with E-state index >= 15 is 0 Å². The van der Waals surface area contributed by atoms with Crippen LogP contribution >= 0.6 is 47.8 Å². The normalized spacial score (nSPS) is 10.4. The SMILES string of the molecule is Cc1cc(Br)ccc1OC(=O)COc1c(C)cc(Br)cc1Br. The number of rotatable bonds is 4. The van der Waals surface area contributed by atoms with Crippen molar-refractivity contribution < 1.29 is 14.3 Å². The fraction of sp³-hybridized carbons (Fsp3) is 0.188. The first-order chi connectivity index (χ1) is 10.4. The predicted octanol–water partition coefficient (Wildman–Crippen LogP) is 5.58. The van der Waals surface area contributed by atoms with Gasteiger partial charge in [0.15, 0.2) is 6.61 Å². The summed E-state index contributed by atoms with van der Waals surface area (Å²) < 4.78 is 13.6. The maximum atomic E-state index is 11.9. The van der Waals surface area contributed by atoms with E-state index in [1.807, 2.05) is 38.1 Å². The summed E-state index contributed by atoms with van der Waals surface area (Å²) in [6.45, 7) is 3.63. The van der Waals surface area contributed by atoms with E-state index in [0.717, 1.165) is 24.5 Å². The third-order valence-corrected chi connectivity index (χ3v) is 4.43. The fourth-order valence-corrected chi connectivity index (χ4v) is 3.91. The van der Waals surface area contributed by atoms with Crippen molar-refractivity contribution >= 4 is 53.8 Å². The lowest BCUT2D eigenvalue weighted by molar-refractivity contribution is -0.136. The van der Waals surface area contributed by atoms with Crippen molar-refractivity contribution in [2.24, 2.45) is 0 Å². The highest BCUT2D eigenvalue weighted by Crippen LogP contribution is 2.32. The Kier molecular flexibility index (Phi) is 6.06. The van der Waals surface area contributed by atoms with Crippen LogP contribution in [0.25, 0.3) is 0 Å². The molecule has 2 rings (SSSR count). The van der Waals surface area contributed by atoms with Crippen molar-refractivity contribution in [3.05, 3.63) is 54.9 Å². The highest BCUT2D eigenvalue weighted by atomic mass is 79.9. The van der Waals surface area contributed by atoms with Gasteiger partial charge in [-0.3, -0.25) is 0 Å². The molecule has 0 saturated carbocycles. The van der Waals surface area contributed by atoms with E-state index in [1.165, 1.54) is 0 Å². The Labute approximate surface area is 154 Å². The van der Waals surface area contributed by atoms with E-state index < -0.39 is 5.97 Å². The first-order valence-electron chi connectivity index (χ1n) is 6.42. The Morgan fingerprint density at radius 3 is 2.32 bits per heavy atom. The topological polar surface area (TPSA) is 35.5 Å². The zero-order chi connectivity index (χ0) is 16.3. The summed E-state index contributed by atoms with van der Waals surface area (Å²) in [5.74, 6) is 0.718. The Balaban J connectivity index is 2.02. The van der Waals surface area contributed by atoms with Crippen molar-refractivity contribution in [1.82, 2.24) is 0 Å². The summed E-state index contributed by atoms with van der Waals surface area (Å²) in [6, 6.07) is 9.25. The molecule has 0 atom stereocenters. The summed E-state index contributed by atoms with van der Waals surface area (Å²) in [7, 11) is 0. The maximum absolute atomic E-state index is 11.9. The van der Waals surface area contributed by atoms with Crippen LogP contribution in [-0.4, -0.2) is 12.6 Å². The molecule has 0 heterocycles. The third-order valence-electron chi connectivity index (χ3n) is 2.89. The molecule has 0 unspecified atom stereocenters. The summed E-state index contributed by atoms with van der Waals surface area (Å²) in [6.07, 6.45) is 0. The van der Waals surface area contributed by atoms with Crippen molar-refractivity contribution in [1.29, 1.82) is 0 Å². The van der Waals surface area contributed by atoms with Crippen LogP contribution in [0.5, 0.6) is 11.5 Å². The van der Waals surface area contributed by atoms with Crippen LogP contribution in [0.2, 0.25) is 0 Å². The second kappa shape index (κ2) is 7.62. The average Bonchev–Trinajstić information content (AvgIpc) is 2.40. The van der Waals surface area contributed by atoms with Gasteiger partial charge in [0.25, 0.3) is 0 Å². The van der Waals surface area contributed by atoms with Crippen LogP contribution < -0.4 is 9.47 Å². The van der Waals surface area contributed by atoms with Crippen molar-refractivity contribution in [2.75, 3.05) is 6.61 Å². The largest absolute Gasteiger partial charge is 0.480 e. The van der Waals surface area contributed by atoms with Crippen LogP contribution in [0.3, 0.4) is 0 Å². The minimum absolute atomic E-state index is 0.156. The maximum Gasteiger partial charge on any atom is 0.349 e. The molecule has 0 aliphatic heterocycles. The quantitative estimate of drug-likeness (QED) is 0.413. The zero-order valence-electron chi connectivity index (χ0n) is 12.0. The molecule has 0 radical (unpaired) electrons. The van der Waals surface area contributed by atoms with Crippen molar-refractivity contribution in [3.8, 4) is 11.5 Å². The van der Waals surface area contributed by atoms with Crippen LogP contribution in [-0.2, 0) is 4.79 Å². The number of ether oxygens (including phenoxy) is 2. The van der Waals surface area contributed by atoms with Crippen LogP contribution in [0.1, 0.15) is 11.1 Å². The molecule has 2 aromatic carbocycles. The van der Waals surface area contributed by atoms with Crippen LogP contribution in [0.4, 0.5) is 0 Å². The number of benzene rings is 2. The number of carbonyl (C=O) groups excluding carboxylic acids is 1. The van der Waals surface area contributed by atoms with Crippen molar-refractivity contribution in [2.45, 2.75) is 13.8 Å². The number of aryl methyl sites for hydroxylation is 2. The molecule has 2 aromatic rings. The van der Waals surface area contributed by atoms with E-state index in [0.29, 0.717) is 11.5 Å². The minimum atomic E-state index is -0.445. The average molecular weight is 493 g/mol. The van der Waals surface area contributed by atoms with Gasteiger partial charge in [-0.05, 0) is 71.2 Å². The summed E-state index contributed by atoms with van der Waals surface area (Å²) in [5.41, 5.74) is 1.80. The fourth-order valence-electron chi connectivity index (χ4n) is 1.88. The Morgan fingerprint density at radius 2 is 1.68 bits per heavy atom. The van der Waals surface area contributed by atoms with E-state index in [9.17, 15) is 4.79 Å². The molecule has 0 amide bonds. The van der Waals surface area contributed by atoms with Gasteiger partial charge >= 0.3 is 5.97 Å². The Morgan fingerprint density at radius 1 is 1.00 bits per heavy atom. The molecule has 0 spiro atoms. The highest BCUT2D eigenvalue weighted by molar-refractivity contribution is 9.11. The Hall–Kier alpha value is -0.850. The Bertz CT molecular complexity index is 691. The lowest BCUT2D eigenvalue weighted by atomic mass is 10.2. The molecule has 0 N–H and O–H groups in total. The lowest BCUT2D eigenvalue weighted by Gasteiger charge is -2.12. The standard InChI is InChI=1S/C16H13Br3O3/c1-9-5-11(17)3-4-14(9)22-15(20)8-21-16-10(2)6-12(18)7-13(16)19/h3-7H,8H2,1-2H3. The van der Waals surface area contributed by atoms with Gasteiger partial charge in [-0.15, -0.1) is 0 Å². The van der Waals surface area contributed by atoms with Gasteiger partial charge in [0.1, 0.15) is 11.5 Å². The van der Waals surface area contributed by atoms with Crippen LogP contribution in [0, 0.1) is 13.8 Å². The molecule has 0 bridgehead atoms. The first kappa shape index (κ1) is 17.5. The first-order valence-corrected chi connectivity index (χ1v) is 8.80. The molecule has 0 aromatic heterocycles. The summed E-state index contributed by atoms with van der Waals surface area (Å²) in [4.78, 5) is 11.9. The number of esters is 1. The molecule has 0 fully saturated rings. The monoisotopic (exact) mass is 490 g/mol. The molecular formula is C16H13Br3O3. The highest BCUT2D eigenvalue weighted by Gasteiger charge is 2.12. The van der Waals surface area contributed by atoms with E-state index in [2.05, 4.69) is 47.8 Å². The molecule has 0 aliphatic rings. The van der Waals surface area contributed by atoms with E-state index in [-0.39, 0.29) is 6.61 Å². The predicted molar refractivity (Wildman–Crippen MR) is 96.6 cm³/mol. The van der Waals surface area contributed by atoms with E-state index in [4.69, 9.17) is 9.47 Å². The second-order valence-corrected chi connectivity index (χ2v) is 7.39. The molecular weight excluding hydrogens is 480 g/mol. The van der Waals surface area contributed by atoms with Gasteiger partial charge in [-0.25, -0.2) is 4.79 Å². The van der Waals surface area contributed by atoms with Gasteiger partial charge in [0.05, 0.1) is 4.47 Å². The summed E-state index contributed by atoms with van der Waals surface area (Å²) in [5, 5.41) is 0. The molecule has 116 valence electrons. The number of carbonyl (C=O) groups is 1. The van der Waals surface area contributed by atoms with Gasteiger partial charge in [-0.2, -0.15) is 0 Å². The number of hydrogen-bond donors (Lipinski definition) is 0. The summed E-state index contributed by atoms with van der Waals surface area (Å²) >= 11 is 10.2. The molecule has 0 aliphatic carbocycles. The van der Waals surface area contributed by atoms with Gasteiger partial charge < -0.3 is 9.47 Å². The molecule has 22 heavy (non-hydrogen) atoms. The minimum Gasteiger partial charge on any atom is -0.480 e. The molecule has 3 nitrogen and oxygen atoms in total. The van der Waals surface area contributed by atoms with Crippen molar-refractivity contribution in [3.63, 3.8) is 0 Å². The smallest absolute Gasteiger partial charge is 0.349 e. The zero-order valence-corrected chi connectivity index (χ0v) is 16.7. The molecule has 6 heteroatoms. The van der Waals surface area contributed by atoms with Gasteiger partial charge in [0.2, 0.25) is 0 Å². The second-order valence-electron chi connectivity index (χ2n) is 4.71. The molecule has 0 saturated heterocycles. The lowest BCUT2D eigenvalue weighted by Crippen LogP contribution is -2.18. The third kappa shape index (κ3) is 4.57.